The molecule has 0 amide bonds. The molecular formula is C6H14Mg. The Morgan fingerprint density at radius 3 is 2.14 bits per heavy atom. The lowest BCUT2D eigenvalue weighted by Crippen LogP contribution is -1.91. The second-order valence-electron chi connectivity index (χ2n) is 2.54. The van der Waals surface area contributed by atoms with Crippen LogP contribution in [0.1, 0.15) is 27.2 Å². The summed E-state index contributed by atoms with van der Waals surface area (Å²) in [4.78, 5) is 0. The van der Waals surface area contributed by atoms with Crippen molar-refractivity contribution in [2.75, 3.05) is 0 Å². The fourth-order valence-electron chi connectivity index (χ4n) is 0.612. The van der Waals surface area contributed by atoms with Gasteiger partial charge in [-0.1, -0.05) is 27.2 Å². The van der Waals surface area contributed by atoms with E-state index in [0.29, 0.717) is 20.4 Å². The summed E-state index contributed by atoms with van der Waals surface area (Å²) in [6.45, 7) is 6.94. The molecule has 0 heterocycles. The lowest BCUT2D eigenvalue weighted by Gasteiger charge is -1.95. The third-order valence-electron chi connectivity index (χ3n) is 1.14. The van der Waals surface area contributed by atoms with E-state index < -0.39 is 0 Å². The van der Waals surface area contributed by atoms with Crippen LogP contribution in [-0.2, 0) is 0 Å². The molecule has 0 saturated carbocycles. The van der Waals surface area contributed by atoms with Crippen LogP contribution >= 0.6 is 0 Å². The topological polar surface area (TPSA) is 0 Å². The maximum Gasteiger partial charge on any atom is 0.367 e. The average Bonchev–Trinajstić information content (AvgIpc) is 1.61. The van der Waals surface area contributed by atoms with Crippen molar-refractivity contribution in [1.29, 1.82) is 0 Å². The van der Waals surface area contributed by atoms with Gasteiger partial charge in [0.2, 0.25) is 0 Å². The highest BCUT2D eigenvalue weighted by Crippen LogP contribution is 2.00. The van der Waals surface area contributed by atoms with Gasteiger partial charge in [-0.3, -0.25) is 0 Å². The molecule has 0 unspecified atom stereocenters. The highest BCUT2D eigenvalue weighted by atomic mass is 24.5. The third kappa shape index (κ3) is 6.77. The van der Waals surface area contributed by atoms with E-state index in [2.05, 4.69) is 20.8 Å². The van der Waals surface area contributed by atoms with Crippen LogP contribution in [0.5, 0.6) is 0 Å². The van der Waals surface area contributed by atoms with Crippen LogP contribution in [-0.4, -0.2) is 20.4 Å². The molecule has 0 aliphatic carbocycles. The lowest BCUT2D eigenvalue weighted by molar-refractivity contribution is 1.00. The smallest absolute Gasteiger partial charge is 0.146 e. The molecule has 0 nitrogen and oxygen atoms in total. The molecule has 0 aromatic heterocycles. The van der Waals surface area contributed by atoms with Gasteiger partial charge in [0.25, 0.3) is 0 Å². The molecule has 7 heavy (non-hydrogen) atoms. The lowest BCUT2D eigenvalue weighted by atomic mass is 10.5. The van der Waals surface area contributed by atoms with Gasteiger partial charge in [-0.25, -0.2) is 0 Å². The Morgan fingerprint density at radius 2 is 2.00 bits per heavy atom. The Labute approximate surface area is 56.4 Å². The molecule has 0 fully saturated rings. The summed E-state index contributed by atoms with van der Waals surface area (Å²) in [6, 6.07) is 0. The molecule has 40 valence electrons. The van der Waals surface area contributed by atoms with Crippen molar-refractivity contribution in [2.24, 2.45) is 0 Å². The summed E-state index contributed by atoms with van der Waals surface area (Å²) >= 11 is 0.346. The van der Waals surface area contributed by atoms with Gasteiger partial charge >= 0.3 is 20.4 Å². The molecule has 0 radical (unpaired) electrons. The Hall–Kier alpha value is 0.766. The monoisotopic (exact) mass is 110 g/mol. The van der Waals surface area contributed by atoms with Crippen molar-refractivity contribution in [3.8, 4) is 0 Å². The van der Waals surface area contributed by atoms with Crippen LogP contribution in [0, 0.1) is 0 Å². The summed E-state index contributed by atoms with van der Waals surface area (Å²) in [5.41, 5.74) is 0. The Kier molecular flexibility index (Phi) is 5.45. The van der Waals surface area contributed by atoms with E-state index in [1.165, 1.54) is 11.0 Å². The second-order valence-corrected chi connectivity index (χ2v) is 5.45. The van der Waals surface area contributed by atoms with Gasteiger partial charge in [-0.15, -0.1) is 8.60 Å². The van der Waals surface area contributed by atoms with Crippen molar-refractivity contribution < 1.29 is 0 Å². The van der Waals surface area contributed by atoms with Crippen LogP contribution in [0.2, 0.25) is 8.60 Å². The minimum absolute atomic E-state index is 0.346. The van der Waals surface area contributed by atoms with Gasteiger partial charge < -0.3 is 0 Å². The maximum absolute atomic E-state index is 2.34. The van der Waals surface area contributed by atoms with Crippen LogP contribution in [0.4, 0.5) is 0 Å². The van der Waals surface area contributed by atoms with E-state index >= 15 is 0 Å². The summed E-state index contributed by atoms with van der Waals surface area (Å²) < 4.78 is 2.58. The Bertz CT molecular complexity index is 33.2. The van der Waals surface area contributed by atoms with E-state index in [0.717, 1.165) is 4.05 Å². The zero-order valence-corrected chi connectivity index (χ0v) is 7.11. The quantitative estimate of drug-likeness (QED) is 0.489. The molecule has 0 N–H and O–H groups in total. The first-order valence-corrected chi connectivity index (χ1v) is 5.09. The van der Waals surface area contributed by atoms with E-state index in [9.17, 15) is 0 Å². The van der Waals surface area contributed by atoms with E-state index in [-0.39, 0.29) is 0 Å². The molecule has 0 spiro atoms. The molecule has 0 bridgehead atoms. The van der Waals surface area contributed by atoms with Gasteiger partial charge in [0, 0.05) is 0 Å². The Balaban J connectivity index is 2.68. The third-order valence-corrected chi connectivity index (χ3v) is 3.41. The molecule has 0 aromatic rings. The predicted octanol–water partition coefficient (Wildman–Crippen LogP) is 2.35. The highest BCUT2D eigenvalue weighted by molar-refractivity contribution is 6.37. The van der Waals surface area contributed by atoms with Crippen molar-refractivity contribution in [2.45, 2.75) is 35.8 Å². The zero-order chi connectivity index (χ0) is 5.70. The molecule has 0 rings (SSSR count). The first kappa shape index (κ1) is 7.77. The molecule has 0 aromatic carbocycles. The van der Waals surface area contributed by atoms with Gasteiger partial charge in [-0.2, -0.15) is 0 Å². The van der Waals surface area contributed by atoms with E-state index in [1.54, 1.807) is 0 Å². The molecule has 0 aliphatic heterocycles. The minimum atomic E-state index is 0.346. The van der Waals surface area contributed by atoms with Gasteiger partial charge in [0.1, 0.15) is 0 Å². The molecule has 0 saturated heterocycles. The maximum atomic E-state index is 2.34. The molecule has 0 atom stereocenters. The van der Waals surface area contributed by atoms with Crippen molar-refractivity contribution in [1.82, 2.24) is 0 Å². The fraction of sp³-hybridized carbons (Fsp3) is 1.00. The van der Waals surface area contributed by atoms with Crippen LogP contribution in [0.25, 0.3) is 0 Å². The highest BCUT2D eigenvalue weighted by Gasteiger charge is 1.96. The summed E-state index contributed by atoms with van der Waals surface area (Å²) in [6.07, 6.45) is 1.41. The summed E-state index contributed by atoms with van der Waals surface area (Å²) in [5, 5.41) is 0. The molecule has 1 heteroatoms. The fourth-order valence-corrected chi connectivity index (χ4v) is 1.84. The number of rotatable bonds is 3. The summed E-state index contributed by atoms with van der Waals surface area (Å²) in [5.74, 6) is 0. The second kappa shape index (κ2) is 4.91. The molecule has 0 aliphatic rings. The molecular weight excluding hydrogens is 96.4 g/mol. The largest absolute Gasteiger partial charge is 0.367 e. The minimum Gasteiger partial charge on any atom is -0.146 e. The van der Waals surface area contributed by atoms with Gasteiger partial charge in [0.15, 0.2) is 0 Å². The SMILES string of the molecule is CC[CH2][Mg][CH](C)C. The first-order valence-electron chi connectivity index (χ1n) is 3.27. The standard InChI is InChI=1S/2C3H7.Mg/c2*1-3-2;/h3H,1-2H3;1,3H2,2H3;. The number of hydrogen-bond donors (Lipinski definition) is 0. The van der Waals surface area contributed by atoms with Crippen molar-refractivity contribution in [3.05, 3.63) is 0 Å². The zero-order valence-electron chi connectivity index (χ0n) is 5.70. The Morgan fingerprint density at radius 1 is 1.43 bits per heavy atom. The average molecular weight is 110 g/mol. The van der Waals surface area contributed by atoms with Gasteiger partial charge in [-0.05, 0) is 0 Å². The normalized spacial score (nSPS) is 9.14. The first-order chi connectivity index (χ1) is 3.27. The van der Waals surface area contributed by atoms with Crippen LogP contribution in [0.3, 0.4) is 0 Å². The van der Waals surface area contributed by atoms with Crippen molar-refractivity contribution in [3.63, 3.8) is 0 Å². The van der Waals surface area contributed by atoms with Gasteiger partial charge in [0.05, 0.1) is 0 Å². The van der Waals surface area contributed by atoms with E-state index in [1.807, 2.05) is 0 Å². The number of hydrogen-bond acceptors (Lipinski definition) is 0. The van der Waals surface area contributed by atoms with Crippen molar-refractivity contribution >= 4 is 20.4 Å². The van der Waals surface area contributed by atoms with E-state index in [4.69, 9.17) is 0 Å². The summed E-state index contributed by atoms with van der Waals surface area (Å²) in [7, 11) is 0. The van der Waals surface area contributed by atoms with Crippen LogP contribution in [0.15, 0.2) is 0 Å². The predicted molar refractivity (Wildman–Crippen MR) is 35.9 cm³/mol. The van der Waals surface area contributed by atoms with Crippen LogP contribution < -0.4 is 0 Å².